The largest absolute Gasteiger partial charge is 0.493 e. The standard InChI is InChI=1S/C25H28N2O3/c1-18-8-5-9-19(2)24(18)30-17-7-14-23(28)26-15-16-27-25(29)22-13-6-11-20-10-3-4-12-21(20)22/h3-6,8-13H,7,14-17H2,1-2H3,(H,26,28)(H,27,29). The van der Waals surface area contributed by atoms with E-state index in [1.807, 2.05) is 74.5 Å². The van der Waals surface area contributed by atoms with Gasteiger partial charge in [-0.2, -0.15) is 0 Å². The Bertz CT molecular complexity index is 1000. The third-order valence-corrected chi connectivity index (χ3v) is 4.97. The molecule has 0 saturated carbocycles. The zero-order valence-corrected chi connectivity index (χ0v) is 17.5. The Kier molecular flexibility index (Phi) is 7.44. The van der Waals surface area contributed by atoms with Crippen LogP contribution < -0.4 is 15.4 Å². The summed E-state index contributed by atoms with van der Waals surface area (Å²) in [5.74, 6) is 0.719. The van der Waals surface area contributed by atoms with Crippen LogP contribution >= 0.6 is 0 Å². The van der Waals surface area contributed by atoms with E-state index in [1.54, 1.807) is 0 Å². The minimum atomic E-state index is -0.136. The first-order valence-electron chi connectivity index (χ1n) is 10.3. The first-order valence-corrected chi connectivity index (χ1v) is 10.3. The van der Waals surface area contributed by atoms with E-state index in [2.05, 4.69) is 10.6 Å². The van der Waals surface area contributed by atoms with Crippen molar-refractivity contribution in [3.05, 3.63) is 77.4 Å². The van der Waals surface area contributed by atoms with Gasteiger partial charge in [0, 0.05) is 25.1 Å². The van der Waals surface area contributed by atoms with Crippen LogP contribution in [0, 0.1) is 13.8 Å². The molecule has 156 valence electrons. The molecule has 2 amide bonds. The lowest BCUT2D eigenvalue weighted by atomic mass is 10.0. The Morgan fingerprint density at radius 3 is 2.30 bits per heavy atom. The monoisotopic (exact) mass is 404 g/mol. The fourth-order valence-corrected chi connectivity index (χ4v) is 3.42. The summed E-state index contributed by atoms with van der Waals surface area (Å²) in [5, 5.41) is 7.66. The van der Waals surface area contributed by atoms with Crippen molar-refractivity contribution < 1.29 is 14.3 Å². The number of ether oxygens (including phenoxy) is 1. The predicted octanol–water partition coefficient (Wildman–Crippen LogP) is 4.16. The number of nitrogens with one attached hydrogen (secondary N) is 2. The summed E-state index contributed by atoms with van der Waals surface area (Å²) in [5.41, 5.74) is 2.84. The molecule has 5 heteroatoms. The van der Waals surface area contributed by atoms with E-state index in [-0.39, 0.29) is 11.8 Å². The first kappa shape index (κ1) is 21.4. The number of aryl methyl sites for hydroxylation is 2. The molecule has 0 aliphatic carbocycles. The molecule has 0 saturated heterocycles. The lowest BCUT2D eigenvalue weighted by Crippen LogP contribution is -2.34. The maximum absolute atomic E-state index is 12.5. The van der Waals surface area contributed by atoms with E-state index in [1.165, 1.54) is 0 Å². The van der Waals surface area contributed by atoms with Crippen LogP contribution in [-0.4, -0.2) is 31.5 Å². The van der Waals surface area contributed by atoms with Gasteiger partial charge in [0.05, 0.1) is 6.61 Å². The van der Waals surface area contributed by atoms with Gasteiger partial charge < -0.3 is 15.4 Å². The fourth-order valence-electron chi connectivity index (χ4n) is 3.42. The second kappa shape index (κ2) is 10.4. The Hall–Kier alpha value is -3.34. The molecule has 30 heavy (non-hydrogen) atoms. The number of hydrogen-bond donors (Lipinski definition) is 2. The molecule has 0 aliphatic rings. The van der Waals surface area contributed by atoms with Gasteiger partial charge in [0.25, 0.3) is 5.91 Å². The normalized spacial score (nSPS) is 10.6. The van der Waals surface area contributed by atoms with E-state index in [0.717, 1.165) is 27.6 Å². The second-order valence-corrected chi connectivity index (χ2v) is 7.31. The van der Waals surface area contributed by atoms with Crippen molar-refractivity contribution >= 4 is 22.6 Å². The molecule has 0 bridgehead atoms. The van der Waals surface area contributed by atoms with Crippen LogP contribution in [0.3, 0.4) is 0 Å². The molecule has 3 aromatic rings. The first-order chi connectivity index (χ1) is 14.6. The van der Waals surface area contributed by atoms with Crippen molar-refractivity contribution in [3.8, 4) is 5.75 Å². The molecular weight excluding hydrogens is 376 g/mol. The molecular formula is C25H28N2O3. The van der Waals surface area contributed by atoms with Crippen molar-refractivity contribution in [2.45, 2.75) is 26.7 Å². The summed E-state index contributed by atoms with van der Waals surface area (Å²) in [6, 6.07) is 19.5. The molecule has 3 rings (SSSR count). The number of rotatable bonds is 9. The Morgan fingerprint density at radius 1 is 0.833 bits per heavy atom. The predicted molar refractivity (Wildman–Crippen MR) is 120 cm³/mol. The summed E-state index contributed by atoms with van der Waals surface area (Å²) in [7, 11) is 0. The number of carbonyl (C=O) groups excluding carboxylic acids is 2. The highest BCUT2D eigenvalue weighted by atomic mass is 16.5. The highest BCUT2D eigenvalue weighted by Gasteiger charge is 2.09. The van der Waals surface area contributed by atoms with Crippen LogP contribution in [0.4, 0.5) is 0 Å². The zero-order valence-electron chi connectivity index (χ0n) is 17.5. The molecule has 0 radical (unpaired) electrons. The van der Waals surface area contributed by atoms with Gasteiger partial charge in [0.2, 0.25) is 5.91 Å². The average molecular weight is 405 g/mol. The van der Waals surface area contributed by atoms with Crippen molar-refractivity contribution in [2.24, 2.45) is 0 Å². The molecule has 0 aliphatic heterocycles. The summed E-state index contributed by atoms with van der Waals surface area (Å²) < 4.78 is 5.82. The minimum absolute atomic E-state index is 0.0421. The second-order valence-electron chi connectivity index (χ2n) is 7.31. The number of carbonyl (C=O) groups is 2. The fraction of sp³-hybridized carbons (Fsp3) is 0.280. The quantitative estimate of drug-likeness (QED) is 0.526. The van der Waals surface area contributed by atoms with Crippen LogP contribution in [0.1, 0.15) is 34.3 Å². The van der Waals surface area contributed by atoms with Crippen molar-refractivity contribution in [2.75, 3.05) is 19.7 Å². The smallest absolute Gasteiger partial charge is 0.251 e. The maximum atomic E-state index is 12.5. The molecule has 0 fully saturated rings. The van der Waals surface area contributed by atoms with Gasteiger partial charge >= 0.3 is 0 Å². The van der Waals surface area contributed by atoms with E-state index in [4.69, 9.17) is 4.74 Å². The highest BCUT2D eigenvalue weighted by Crippen LogP contribution is 2.22. The van der Waals surface area contributed by atoms with Crippen LogP contribution in [0.25, 0.3) is 10.8 Å². The Morgan fingerprint density at radius 2 is 1.50 bits per heavy atom. The third-order valence-electron chi connectivity index (χ3n) is 4.97. The molecule has 3 aromatic carbocycles. The van der Waals surface area contributed by atoms with E-state index < -0.39 is 0 Å². The minimum Gasteiger partial charge on any atom is -0.493 e. The lowest BCUT2D eigenvalue weighted by Gasteiger charge is -2.12. The molecule has 0 aromatic heterocycles. The molecule has 0 atom stereocenters. The molecule has 0 unspecified atom stereocenters. The number of hydrogen-bond acceptors (Lipinski definition) is 3. The van der Waals surface area contributed by atoms with Crippen molar-refractivity contribution in [1.29, 1.82) is 0 Å². The average Bonchev–Trinajstić information content (AvgIpc) is 2.75. The van der Waals surface area contributed by atoms with Gasteiger partial charge in [-0.25, -0.2) is 0 Å². The SMILES string of the molecule is Cc1cccc(C)c1OCCCC(=O)NCCNC(=O)c1cccc2ccccc12. The summed E-state index contributed by atoms with van der Waals surface area (Å²) >= 11 is 0. The van der Waals surface area contributed by atoms with E-state index in [0.29, 0.717) is 38.1 Å². The zero-order chi connectivity index (χ0) is 21.3. The van der Waals surface area contributed by atoms with Crippen LogP contribution in [0.5, 0.6) is 5.75 Å². The summed E-state index contributed by atoms with van der Waals surface area (Å²) in [6.45, 7) is 5.31. The van der Waals surface area contributed by atoms with Gasteiger partial charge in [-0.15, -0.1) is 0 Å². The highest BCUT2D eigenvalue weighted by molar-refractivity contribution is 6.07. The number of benzene rings is 3. The lowest BCUT2D eigenvalue weighted by molar-refractivity contribution is -0.121. The number of amides is 2. The molecule has 0 heterocycles. The van der Waals surface area contributed by atoms with E-state index >= 15 is 0 Å². The Labute approximate surface area is 177 Å². The summed E-state index contributed by atoms with van der Waals surface area (Å²) in [4.78, 5) is 24.5. The number of para-hydroxylation sites is 1. The van der Waals surface area contributed by atoms with Gasteiger partial charge in [-0.1, -0.05) is 54.6 Å². The van der Waals surface area contributed by atoms with Crippen LogP contribution in [0.15, 0.2) is 60.7 Å². The van der Waals surface area contributed by atoms with Gasteiger partial charge in [0.15, 0.2) is 0 Å². The Balaban J connectivity index is 1.35. The van der Waals surface area contributed by atoms with Crippen molar-refractivity contribution in [1.82, 2.24) is 10.6 Å². The van der Waals surface area contributed by atoms with E-state index in [9.17, 15) is 9.59 Å². The van der Waals surface area contributed by atoms with Gasteiger partial charge in [-0.05, 0) is 48.2 Å². The van der Waals surface area contributed by atoms with Crippen LogP contribution in [-0.2, 0) is 4.79 Å². The molecule has 0 spiro atoms. The topological polar surface area (TPSA) is 67.4 Å². The van der Waals surface area contributed by atoms with Crippen molar-refractivity contribution in [3.63, 3.8) is 0 Å². The maximum Gasteiger partial charge on any atom is 0.251 e. The molecule has 2 N–H and O–H groups in total. The number of fused-ring (bicyclic) bond motifs is 1. The van der Waals surface area contributed by atoms with Gasteiger partial charge in [0.1, 0.15) is 5.75 Å². The van der Waals surface area contributed by atoms with Gasteiger partial charge in [-0.3, -0.25) is 9.59 Å². The molecule has 5 nitrogen and oxygen atoms in total. The third kappa shape index (κ3) is 5.60. The van der Waals surface area contributed by atoms with Crippen LogP contribution in [0.2, 0.25) is 0 Å². The summed E-state index contributed by atoms with van der Waals surface area (Å²) in [6.07, 6.45) is 1.03.